The minimum Gasteiger partial charge on any atom is -0.481 e. The van der Waals surface area contributed by atoms with E-state index in [0.717, 1.165) is 35.1 Å². The van der Waals surface area contributed by atoms with Crippen molar-refractivity contribution >= 4 is 18.0 Å². The van der Waals surface area contributed by atoms with Gasteiger partial charge < -0.3 is 20.1 Å². The minimum absolute atomic E-state index is 0.0523. The van der Waals surface area contributed by atoms with Crippen molar-refractivity contribution in [2.45, 2.75) is 38.1 Å². The number of hydrogen-bond donors (Lipinski definition) is 2. The van der Waals surface area contributed by atoms with Crippen molar-refractivity contribution in [2.75, 3.05) is 19.7 Å². The summed E-state index contributed by atoms with van der Waals surface area (Å²) in [5, 5.41) is 12.2. The van der Waals surface area contributed by atoms with E-state index in [1.54, 1.807) is 4.90 Å². The Balaban J connectivity index is 1.22. The van der Waals surface area contributed by atoms with Gasteiger partial charge in [0.25, 0.3) is 0 Å². The van der Waals surface area contributed by atoms with Crippen molar-refractivity contribution in [3.05, 3.63) is 59.7 Å². The van der Waals surface area contributed by atoms with E-state index >= 15 is 0 Å². The first-order valence-corrected chi connectivity index (χ1v) is 11.6. The SMILES string of the molecule is CC[C@H](NC(=O)OCC1c2ccccc2-c2ccccc21)C(=O)N1CC(C(=O)O)C2(CC2)C1. The van der Waals surface area contributed by atoms with E-state index in [1.165, 1.54) is 0 Å². The molecule has 172 valence electrons. The summed E-state index contributed by atoms with van der Waals surface area (Å²) in [5.74, 6) is -1.65. The van der Waals surface area contributed by atoms with Crippen LogP contribution in [0.4, 0.5) is 4.79 Å². The number of hydrogen-bond acceptors (Lipinski definition) is 4. The molecule has 1 unspecified atom stereocenters. The van der Waals surface area contributed by atoms with Gasteiger partial charge in [-0.15, -0.1) is 0 Å². The molecule has 2 amide bonds. The Morgan fingerprint density at radius 2 is 1.70 bits per heavy atom. The largest absolute Gasteiger partial charge is 0.481 e. The molecule has 1 heterocycles. The van der Waals surface area contributed by atoms with Crippen LogP contribution in [0.5, 0.6) is 0 Å². The molecule has 7 nitrogen and oxygen atoms in total. The van der Waals surface area contributed by atoms with Gasteiger partial charge in [-0.1, -0.05) is 55.5 Å². The first kappa shape index (κ1) is 21.5. The number of ether oxygens (including phenoxy) is 1. The molecule has 33 heavy (non-hydrogen) atoms. The number of alkyl carbamates (subject to hydrolysis) is 1. The van der Waals surface area contributed by atoms with Crippen LogP contribution in [0.15, 0.2) is 48.5 Å². The number of carbonyl (C=O) groups is 3. The van der Waals surface area contributed by atoms with Crippen LogP contribution in [0.2, 0.25) is 0 Å². The van der Waals surface area contributed by atoms with Gasteiger partial charge in [-0.05, 0) is 41.5 Å². The Kier molecular flexibility index (Phi) is 5.35. The van der Waals surface area contributed by atoms with Gasteiger partial charge in [0.1, 0.15) is 12.6 Å². The van der Waals surface area contributed by atoms with Crippen LogP contribution in [0.3, 0.4) is 0 Å². The van der Waals surface area contributed by atoms with Crippen LogP contribution in [0, 0.1) is 11.3 Å². The lowest BCUT2D eigenvalue weighted by molar-refractivity contribution is -0.143. The summed E-state index contributed by atoms with van der Waals surface area (Å²) >= 11 is 0. The number of nitrogens with zero attached hydrogens (tertiary/aromatic N) is 1. The van der Waals surface area contributed by atoms with Crippen molar-refractivity contribution in [3.63, 3.8) is 0 Å². The number of carboxylic acids is 1. The second kappa shape index (κ2) is 8.21. The Bertz CT molecular complexity index is 1060. The smallest absolute Gasteiger partial charge is 0.407 e. The molecule has 2 aromatic rings. The van der Waals surface area contributed by atoms with E-state index < -0.39 is 24.0 Å². The van der Waals surface area contributed by atoms with Gasteiger partial charge in [0.05, 0.1) is 5.92 Å². The average molecular weight is 449 g/mol. The number of nitrogens with one attached hydrogen (secondary N) is 1. The average Bonchev–Trinajstić information content (AvgIpc) is 3.37. The summed E-state index contributed by atoms with van der Waals surface area (Å²) in [4.78, 5) is 38.9. The maximum atomic E-state index is 13.0. The monoisotopic (exact) mass is 448 g/mol. The minimum atomic E-state index is -0.847. The highest BCUT2D eigenvalue weighted by Crippen LogP contribution is 2.56. The molecular formula is C26H28N2O5. The van der Waals surface area contributed by atoms with Crippen LogP contribution in [-0.2, 0) is 14.3 Å². The molecule has 7 heteroatoms. The maximum absolute atomic E-state index is 13.0. The predicted octanol–water partition coefficient (Wildman–Crippen LogP) is 3.63. The highest BCUT2D eigenvalue weighted by molar-refractivity contribution is 5.87. The first-order chi connectivity index (χ1) is 15.9. The van der Waals surface area contributed by atoms with Gasteiger partial charge in [0, 0.05) is 24.4 Å². The zero-order valence-corrected chi connectivity index (χ0v) is 18.6. The normalized spacial score (nSPS) is 20.8. The predicted molar refractivity (Wildman–Crippen MR) is 122 cm³/mol. The van der Waals surface area contributed by atoms with Crippen LogP contribution >= 0.6 is 0 Å². The fourth-order valence-electron chi connectivity index (χ4n) is 5.49. The number of rotatable bonds is 6. The van der Waals surface area contributed by atoms with Gasteiger partial charge in [0.15, 0.2) is 0 Å². The van der Waals surface area contributed by atoms with Gasteiger partial charge in [0.2, 0.25) is 5.91 Å². The van der Waals surface area contributed by atoms with Crippen LogP contribution < -0.4 is 5.32 Å². The molecule has 5 rings (SSSR count). The van der Waals surface area contributed by atoms with E-state index in [1.807, 2.05) is 31.2 Å². The lowest BCUT2D eigenvalue weighted by atomic mass is 9.93. The summed E-state index contributed by atoms with van der Waals surface area (Å²) in [7, 11) is 0. The highest BCUT2D eigenvalue weighted by atomic mass is 16.5. The number of aliphatic carboxylic acids is 1. The lowest BCUT2D eigenvalue weighted by Crippen LogP contribution is -2.48. The second-order valence-electron chi connectivity index (χ2n) is 9.40. The molecule has 1 saturated carbocycles. The number of benzene rings is 2. The highest BCUT2D eigenvalue weighted by Gasteiger charge is 2.59. The Labute approximate surface area is 192 Å². The Morgan fingerprint density at radius 3 is 2.21 bits per heavy atom. The summed E-state index contributed by atoms with van der Waals surface area (Å²) in [6, 6.07) is 15.5. The quantitative estimate of drug-likeness (QED) is 0.704. The zero-order chi connectivity index (χ0) is 23.2. The fraction of sp³-hybridized carbons (Fsp3) is 0.423. The molecule has 1 spiro atoms. The molecular weight excluding hydrogens is 420 g/mol. The van der Waals surface area contributed by atoms with Crippen molar-refractivity contribution in [1.82, 2.24) is 10.2 Å². The third-order valence-electron chi connectivity index (χ3n) is 7.49. The van der Waals surface area contributed by atoms with Crippen molar-refractivity contribution in [2.24, 2.45) is 11.3 Å². The molecule has 0 radical (unpaired) electrons. The molecule has 2 aromatic carbocycles. The van der Waals surface area contributed by atoms with E-state index in [9.17, 15) is 19.5 Å². The maximum Gasteiger partial charge on any atom is 0.407 e. The van der Waals surface area contributed by atoms with E-state index in [2.05, 4.69) is 29.6 Å². The van der Waals surface area contributed by atoms with Gasteiger partial charge in [-0.25, -0.2) is 4.79 Å². The molecule has 0 aromatic heterocycles. The molecule has 1 saturated heterocycles. The molecule has 0 bridgehead atoms. The number of carbonyl (C=O) groups excluding carboxylic acids is 2. The summed E-state index contributed by atoms with van der Waals surface area (Å²) < 4.78 is 5.58. The zero-order valence-electron chi connectivity index (χ0n) is 18.6. The molecule has 3 aliphatic rings. The van der Waals surface area contributed by atoms with E-state index in [-0.39, 0.29) is 30.4 Å². The van der Waals surface area contributed by atoms with Gasteiger partial charge in [-0.2, -0.15) is 0 Å². The second-order valence-corrected chi connectivity index (χ2v) is 9.40. The molecule has 2 atom stereocenters. The summed E-state index contributed by atoms with van der Waals surface area (Å²) in [5.41, 5.74) is 4.28. The van der Waals surface area contributed by atoms with E-state index in [4.69, 9.17) is 4.74 Å². The van der Waals surface area contributed by atoms with Gasteiger partial charge >= 0.3 is 12.1 Å². The summed E-state index contributed by atoms with van der Waals surface area (Å²) in [6.45, 7) is 2.66. The van der Waals surface area contributed by atoms with Crippen molar-refractivity contribution in [1.29, 1.82) is 0 Å². The number of likely N-dealkylation sites (tertiary alicyclic amines) is 1. The third kappa shape index (κ3) is 3.75. The van der Waals surface area contributed by atoms with Crippen molar-refractivity contribution < 1.29 is 24.2 Å². The van der Waals surface area contributed by atoms with Crippen LogP contribution in [0.1, 0.15) is 43.2 Å². The molecule has 1 aliphatic heterocycles. The van der Waals surface area contributed by atoms with Gasteiger partial charge in [-0.3, -0.25) is 9.59 Å². The Morgan fingerprint density at radius 1 is 1.09 bits per heavy atom. The topological polar surface area (TPSA) is 95.9 Å². The molecule has 2 N–H and O–H groups in total. The number of carboxylic acid groups (broad SMARTS) is 1. The number of amides is 2. The third-order valence-corrected chi connectivity index (χ3v) is 7.49. The van der Waals surface area contributed by atoms with E-state index in [0.29, 0.717) is 13.0 Å². The Hall–Kier alpha value is -3.35. The van der Waals surface area contributed by atoms with Crippen molar-refractivity contribution in [3.8, 4) is 11.1 Å². The lowest BCUT2D eigenvalue weighted by Gasteiger charge is -2.24. The van der Waals surface area contributed by atoms with Crippen LogP contribution in [0.25, 0.3) is 11.1 Å². The summed E-state index contributed by atoms with van der Waals surface area (Å²) in [6.07, 6.45) is 1.45. The molecule has 2 fully saturated rings. The molecule has 2 aliphatic carbocycles. The number of fused-ring (bicyclic) bond motifs is 3. The first-order valence-electron chi connectivity index (χ1n) is 11.6. The fourth-order valence-corrected chi connectivity index (χ4v) is 5.49. The van der Waals surface area contributed by atoms with Crippen LogP contribution in [-0.4, -0.2) is 53.7 Å². The standard InChI is InChI=1S/C26H28N2O5/c1-2-22(23(29)28-13-21(24(30)31)26(15-28)11-12-26)27-25(32)33-14-20-18-9-5-3-7-16(18)17-8-4-6-10-19(17)20/h3-10,20-22H,2,11-15H2,1H3,(H,27,32)(H,30,31)/t21?,22-/m0/s1.